The van der Waals surface area contributed by atoms with E-state index in [4.69, 9.17) is 16.0 Å². The summed E-state index contributed by atoms with van der Waals surface area (Å²) in [5, 5.41) is 3.47. The lowest BCUT2D eigenvalue weighted by molar-refractivity contribution is 0.416. The summed E-state index contributed by atoms with van der Waals surface area (Å²) >= 11 is 5.67. The van der Waals surface area contributed by atoms with Crippen molar-refractivity contribution in [2.75, 3.05) is 6.54 Å². The van der Waals surface area contributed by atoms with Crippen LogP contribution in [0, 0.1) is 5.82 Å². The van der Waals surface area contributed by atoms with Crippen LogP contribution in [0.3, 0.4) is 0 Å². The van der Waals surface area contributed by atoms with Crippen molar-refractivity contribution >= 4 is 11.6 Å². The van der Waals surface area contributed by atoms with Gasteiger partial charge in [0.25, 0.3) is 0 Å². The van der Waals surface area contributed by atoms with E-state index < -0.39 is 0 Å². The third kappa shape index (κ3) is 3.12. The van der Waals surface area contributed by atoms with Gasteiger partial charge in [0.2, 0.25) is 0 Å². The molecule has 18 heavy (non-hydrogen) atoms. The van der Waals surface area contributed by atoms with Crippen LogP contribution in [0.5, 0.6) is 0 Å². The number of likely N-dealkylation sites (N-methyl/N-ethyl adjacent to an activating group) is 1. The van der Waals surface area contributed by atoms with Gasteiger partial charge in [0.05, 0.1) is 17.3 Å². The molecule has 0 saturated carbocycles. The lowest BCUT2D eigenvalue weighted by Gasteiger charge is -2.15. The van der Waals surface area contributed by atoms with Gasteiger partial charge in [0.15, 0.2) is 0 Å². The van der Waals surface area contributed by atoms with Crippen LogP contribution in [0.1, 0.15) is 24.3 Å². The number of halogens is 2. The Hall–Kier alpha value is -1.32. The third-order valence-corrected chi connectivity index (χ3v) is 3.07. The maximum absolute atomic E-state index is 13.4. The Bertz CT molecular complexity index is 499. The van der Waals surface area contributed by atoms with Crippen LogP contribution in [-0.4, -0.2) is 6.54 Å². The summed E-state index contributed by atoms with van der Waals surface area (Å²) in [6, 6.07) is 8.69. The monoisotopic (exact) mass is 267 g/mol. The number of hydrogen-bond donors (Lipinski definition) is 1. The zero-order valence-electron chi connectivity index (χ0n) is 10.1. The average molecular weight is 268 g/mol. The number of benzene rings is 1. The van der Waals surface area contributed by atoms with Gasteiger partial charge in [0.1, 0.15) is 11.6 Å². The molecule has 1 aromatic heterocycles. The van der Waals surface area contributed by atoms with Crippen molar-refractivity contribution in [2.24, 2.45) is 0 Å². The van der Waals surface area contributed by atoms with E-state index >= 15 is 0 Å². The summed E-state index contributed by atoms with van der Waals surface area (Å²) in [5.74, 6) is 0.469. The molecule has 96 valence electrons. The highest BCUT2D eigenvalue weighted by Crippen LogP contribution is 2.22. The quantitative estimate of drug-likeness (QED) is 0.887. The Balaban J connectivity index is 2.16. The van der Waals surface area contributed by atoms with Crippen molar-refractivity contribution in [3.63, 3.8) is 0 Å². The van der Waals surface area contributed by atoms with Gasteiger partial charge in [-0.05, 0) is 42.8 Å². The molecule has 1 atom stereocenters. The Morgan fingerprint density at radius 1 is 1.39 bits per heavy atom. The molecule has 0 bridgehead atoms. The second-order valence-electron chi connectivity index (χ2n) is 4.08. The highest BCUT2D eigenvalue weighted by atomic mass is 35.5. The lowest BCUT2D eigenvalue weighted by atomic mass is 10.0. The van der Waals surface area contributed by atoms with Crippen LogP contribution in [0.25, 0.3) is 0 Å². The largest absolute Gasteiger partial charge is 0.468 e. The molecular weight excluding hydrogens is 253 g/mol. The first-order valence-corrected chi connectivity index (χ1v) is 6.29. The second-order valence-corrected chi connectivity index (χ2v) is 4.49. The van der Waals surface area contributed by atoms with E-state index in [2.05, 4.69) is 5.32 Å². The summed E-state index contributed by atoms with van der Waals surface area (Å²) in [4.78, 5) is 0. The Morgan fingerprint density at radius 3 is 2.83 bits per heavy atom. The molecule has 0 aliphatic heterocycles. The number of hydrogen-bond acceptors (Lipinski definition) is 2. The van der Waals surface area contributed by atoms with Gasteiger partial charge in [-0.3, -0.25) is 0 Å². The minimum atomic E-state index is -0.385. The summed E-state index contributed by atoms with van der Waals surface area (Å²) in [6.07, 6.45) is 2.30. The molecule has 0 aliphatic rings. The fourth-order valence-electron chi connectivity index (χ4n) is 1.91. The van der Waals surface area contributed by atoms with Crippen LogP contribution in [-0.2, 0) is 6.42 Å². The average Bonchev–Trinajstić information content (AvgIpc) is 2.87. The van der Waals surface area contributed by atoms with Gasteiger partial charge in [-0.15, -0.1) is 0 Å². The SMILES string of the molecule is CCNC(Cc1ccc(Cl)c(F)c1)c1ccco1. The zero-order valence-corrected chi connectivity index (χ0v) is 10.9. The first-order valence-electron chi connectivity index (χ1n) is 5.91. The fraction of sp³-hybridized carbons (Fsp3) is 0.286. The van der Waals surface area contributed by atoms with Crippen molar-refractivity contribution in [1.82, 2.24) is 5.32 Å². The van der Waals surface area contributed by atoms with Gasteiger partial charge in [-0.1, -0.05) is 24.6 Å². The minimum absolute atomic E-state index is 0.0468. The van der Waals surface area contributed by atoms with E-state index in [0.29, 0.717) is 6.42 Å². The number of furan rings is 1. The van der Waals surface area contributed by atoms with E-state index in [0.717, 1.165) is 17.9 Å². The topological polar surface area (TPSA) is 25.2 Å². The predicted molar refractivity (Wildman–Crippen MR) is 70.2 cm³/mol. The molecule has 4 heteroatoms. The summed E-state index contributed by atoms with van der Waals surface area (Å²) in [5.41, 5.74) is 0.888. The Labute approximate surface area is 111 Å². The van der Waals surface area contributed by atoms with E-state index in [9.17, 15) is 4.39 Å². The molecule has 1 unspecified atom stereocenters. The molecule has 2 nitrogen and oxygen atoms in total. The maximum atomic E-state index is 13.4. The van der Waals surface area contributed by atoms with Crippen LogP contribution in [0.4, 0.5) is 4.39 Å². The molecule has 0 spiro atoms. The second kappa shape index (κ2) is 6.03. The van der Waals surface area contributed by atoms with Crippen LogP contribution in [0.2, 0.25) is 5.02 Å². The van der Waals surface area contributed by atoms with Crippen molar-refractivity contribution in [3.8, 4) is 0 Å². The van der Waals surface area contributed by atoms with E-state index in [-0.39, 0.29) is 16.9 Å². The number of rotatable bonds is 5. The summed E-state index contributed by atoms with van der Waals surface area (Å²) < 4.78 is 18.8. The molecule has 1 heterocycles. The van der Waals surface area contributed by atoms with Gasteiger partial charge in [-0.25, -0.2) is 4.39 Å². The zero-order chi connectivity index (χ0) is 13.0. The fourth-order valence-corrected chi connectivity index (χ4v) is 2.03. The molecule has 0 aliphatic carbocycles. The molecule has 0 radical (unpaired) electrons. The molecular formula is C14H15ClFNO. The molecule has 0 amide bonds. The summed E-state index contributed by atoms with van der Waals surface area (Å²) in [7, 11) is 0. The molecule has 2 rings (SSSR count). The molecule has 2 aromatic rings. The minimum Gasteiger partial charge on any atom is -0.468 e. The molecule has 0 fully saturated rings. The van der Waals surface area contributed by atoms with E-state index in [1.54, 1.807) is 12.3 Å². The third-order valence-electron chi connectivity index (χ3n) is 2.76. The van der Waals surface area contributed by atoms with Crippen LogP contribution >= 0.6 is 11.6 Å². The van der Waals surface area contributed by atoms with Gasteiger partial charge >= 0.3 is 0 Å². The van der Waals surface area contributed by atoms with Crippen molar-refractivity contribution < 1.29 is 8.81 Å². The van der Waals surface area contributed by atoms with Crippen molar-refractivity contribution in [3.05, 3.63) is 58.8 Å². The first-order chi connectivity index (χ1) is 8.70. The Kier molecular flexibility index (Phi) is 4.39. The smallest absolute Gasteiger partial charge is 0.142 e. The lowest BCUT2D eigenvalue weighted by Crippen LogP contribution is -2.22. The Morgan fingerprint density at radius 2 is 2.22 bits per heavy atom. The van der Waals surface area contributed by atoms with E-state index in [1.165, 1.54) is 6.07 Å². The predicted octanol–water partition coefficient (Wildman–Crippen LogP) is 3.97. The van der Waals surface area contributed by atoms with Gasteiger partial charge in [-0.2, -0.15) is 0 Å². The normalized spacial score (nSPS) is 12.6. The van der Waals surface area contributed by atoms with Crippen molar-refractivity contribution in [2.45, 2.75) is 19.4 Å². The maximum Gasteiger partial charge on any atom is 0.142 e. The van der Waals surface area contributed by atoms with Gasteiger partial charge in [0, 0.05) is 0 Å². The summed E-state index contributed by atoms with van der Waals surface area (Å²) in [6.45, 7) is 2.85. The van der Waals surface area contributed by atoms with Gasteiger partial charge < -0.3 is 9.73 Å². The standard InChI is InChI=1S/C14H15ClFNO/c1-2-17-13(14-4-3-7-18-14)9-10-5-6-11(15)12(16)8-10/h3-8,13,17H,2,9H2,1H3. The van der Waals surface area contributed by atoms with Crippen molar-refractivity contribution in [1.29, 1.82) is 0 Å². The first kappa shape index (κ1) is 13.1. The van der Waals surface area contributed by atoms with E-state index in [1.807, 2.05) is 25.1 Å². The number of nitrogens with one attached hydrogen (secondary N) is 1. The highest BCUT2D eigenvalue weighted by molar-refractivity contribution is 6.30. The van der Waals surface area contributed by atoms with Crippen LogP contribution in [0.15, 0.2) is 41.0 Å². The molecule has 1 aromatic carbocycles. The highest BCUT2D eigenvalue weighted by Gasteiger charge is 2.14. The van der Waals surface area contributed by atoms with Crippen LogP contribution < -0.4 is 5.32 Å². The molecule has 1 N–H and O–H groups in total. The molecule has 0 saturated heterocycles.